The van der Waals surface area contributed by atoms with Crippen molar-refractivity contribution >= 4 is 56.2 Å². The van der Waals surface area contributed by atoms with Gasteiger partial charge in [0.05, 0.1) is 11.6 Å². The van der Waals surface area contributed by atoms with Crippen LogP contribution in [0.3, 0.4) is 0 Å². The smallest absolute Gasteiger partial charge is 0.252 e. The molecule has 2 aromatic rings. The fraction of sp³-hybridized carbons (Fsp3) is 0.188. The summed E-state index contributed by atoms with van der Waals surface area (Å²) in [4.78, 5) is 13.8. The molecule has 0 fully saturated rings. The number of hydrogen-bond acceptors (Lipinski definition) is 2. The van der Waals surface area contributed by atoms with Crippen LogP contribution in [-0.2, 0) is 0 Å². The summed E-state index contributed by atoms with van der Waals surface area (Å²) in [6.45, 7) is 0. The maximum atomic E-state index is 12.6. The first-order valence-electron chi connectivity index (χ1n) is 6.63. The zero-order valence-corrected chi connectivity index (χ0v) is 15.7. The van der Waals surface area contributed by atoms with Crippen LogP contribution in [0.25, 0.3) is 0 Å². The van der Waals surface area contributed by atoms with Crippen molar-refractivity contribution in [2.24, 2.45) is 0 Å². The molecule has 0 radical (unpaired) electrons. The number of halogens is 2. The maximum Gasteiger partial charge on any atom is 0.252 e. The van der Waals surface area contributed by atoms with Crippen LogP contribution in [0.4, 0.5) is 0 Å². The number of carbonyl (C=O) groups excluding carboxylic acids is 1. The first kappa shape index (κ1) is 15.4. The minimum Gasteiger partial charge on any atom is -0.345 e. The van der Waals surface area contributed by atoms with E-state index in [4.69, 9.17) is 0 Å². The predicted molar refractivity (Wildman–Crippen MR) is 98.8 cm³/mol. The van der Waals surface area contributed by atoms with Crippen LogP contribution in [0.15, 0.2) is 51.8 Å². The van der Waals surface area contributed by atoms with Crippen molar-refractivity contribution in [1.82, 2.24) is 5.32 Å². The molecule has 0 aliphatic carbocycles. The highest BCUT2D eigenvalue weighted by molar-refractivity contribution is 14.1. The van der Waals surface area contributed by atoms with Crippen molar-refractivity contribution in [2.45, 2.75) is 17.4 Å². The molecule has 1 heterocycles. The van der Waals surface area contributed by atoms with Gasteiger partial charge >= 0.3 is 0 Å². The van der Waals surface area contributed by atoms with E-state index < -0.39 is 0 Å². The molecule has 0 bridgehead atoms. The molecule has 3 rings (SSSR count). The lowest BCUT2D eigenvalue weighted by atomic mass is 10.0. The molecule has 1 unspecified atom stereocenters. The molecule has 1 aliphatic heterocycles. The van der Waals surface area contributed by atoms with E-state index in [1.807, 2.05) is 42.1 Å². The number of thioether (sulfide) groups is 1. The molecular formula is C16H13BrINOS. The van der Waals surface area contributed by atoms with Crippen molar-refractivity contribution in [2.75, 3.05) is 5.75 Å². The summed E-state index contributed by atoms with van der Waals surface area (Å²) in [7, 11) is 0. The second-order valence-corrected chi connectivity index (χ2v) is 8.04. The summed E-state index contributed by atoms with van der Waals surface area (Å²) in [5.41, 5.74) is 1.95. The number of fused-ring (bicyclic) bond motifs is 1. The molecule has 0 spiro atoms. The van der Waals surface area contributed by atoms with Crippen LogP contribution >= 0.6 is 50.3 Å². The van der Waals surface area contributed by atoms with E-state index in [9.17, 15) is 4.79 Å². The van der Waals surface area contributed by atoms with Gasteiger partial charge in [-0.05, 0) is 58.8 Å². The molecule has 108 valence electrons. The summed E-state index contributed by atoms with van der Waals surface area (Å²) in [6, 6.07) is 14.2. The highest BCUT2D eigenvalue weighted by Gasteiger charge is 2.23. The van der Waals surface area contributed by atoms with Crippen LogP contribution in [0.5, 0.6) is 0 Å². The van der Waals surface area contributed by atoms with Crippen molar-refractivity contribution in [1.29, 1.82) is 0 Å². The highest BCUT2D eigenvalue weighted by atomic mass is 127. The van der Waals surface area contributed by atoms with Gasteiger partial charge < -0.3 is 5.32 Å². The normalized spacial score (nSPS) is 17.1. The third kappa shape index (κ3) is 3.46. The Morgan fingerprint density at radius 3 is 2.95 bits per heavy atom. The Bertz CT molecular complexity index is 692. The highest BCUT2D eigenvalue weighted by Crippen LogP contribution is 2.36. The fourth-order valence-electron chi connectivity index (χ4n) is 2.40. The average Bonchev–Trinajstić information content (AvgIpc) is 2.50. The van der Waals surface area contributed by atoms with E-state index in [0.29, 0.717) is 0 Å². The molecule has 1 amide bonds. The summed E-state index contributed by atoms with van der Waals surface area (Å²) in [5.74, 6) is 1.03. The van der Waals surface area contributed by atoms with E-state index in [0.717, 1.165) is 25.8 Å². The SMILES string of the molecule is O=C(NC1CCSc2ccccc21)c1cc(Br)ccc1I. The molecule has 2 aromatic carbocycles. The van der Waals surface area contributed by atoms with Gasteiger partial charge in [0.1, 0.15) is 0 Å². The summed E-state index contributed by atoms with van der Waals surface area (Å²) < 4.78 is 1.89. The zero-order valence-electron chi connectivity index (χ0n) is 11.1. The van der Waals surface area contributed by atoms with Gasteiger partial charge in [-0.25, -0.2) is 0 Å². The molecule has 1 atom stereocenters. The molecule has 1 N–H and O–H groups in total. The van der Waals surface area contributed by atoms with Gasteiger partial charge in [-0.15, -0.1) is 11.8 Å². The lowest BCUT2D eigenvalue weighted by Gasteiger charge is -2.26. The topological polar surface area (TPSA) is 29.1 Å². The number of amides is 1. The van der Waals surface area contributed by atoms with Gasteiger partial charge in [0, 0.05) is 18.7 Å². The first-order valence-corrected chi connectivity index (χ1v) is 9.48. The van der Waals surface area contributed by atoms with Crippen molar-refractivity contribution in [3.63, 3.8) is 0 Å². The third-order valence-electron chi connectivity index (χ3n) is 3.44. The Hall–Kier alpha value is -0.530. The van der Waals surface area contributed by atoms with Crippen LogP contribution in [0.1, 0.15) is 28.4 Å². The van der Waals surface area contributed by atoms with Gasteiger partial charge in [-0.2, -0.15) is 0 Å². The average molecular weight is 474 g/mol. The lowest BCUT2D eigenvalue weighted by Crippen LogP contribution is -2.31. The van der Waals surface area contributed by atoms with Crippen LogP contribution < -0.4 is 5.32 Å². The summed E-state index contributed by atoms with van der Waals surface area (Å²) in [6.07, 6.45) is 0.970. The largest absolute Gasteiger partial charge is 0.345 e. The molecule has 0 saturated heterocycles. The van der Waals surface area contributed by atoms with E-state index in [2.05, 4.69) is 56.0 Å². The van der Waals surface area contributed by atoms with Gasteiger partial charge in [0.2, 0.25) is 0 Å². The zero-order chi connectivity index (χ0) is 14.8. The van der Waals surface area contributed by atoms with Crippen molar-refractivity contribution in [3.8, 4) is 0 Å². The molecular weight excluding hydrogens is 461 g/mol. The Morgan fingerprint density at radius 2 is 2.10 bits per heavy atom. The van der Waals surface area contributed by atoms with Gasteiger partial charge in [0.25, 0.3) is 5.91 Å². The Kier molecular flexibility index (Phi) is 4.91. The van der Waals surface area contributed by atoms with E-state index in [1.165, 1.54) is 10.5 Å². The fourth-order valence-corrected chi connectivity index (χ4v) is 4.47. The number of hydrogen-bond donors (Lipinski definition) is 1. The number of benzene rings is 2. The van der Waals surface area contributed by atoms with Crippen LogP contribution in [0, 0.1) is 3.57 Å². The molecule has 21 heavy (non-hydrogen) atoms. The van der Waals surface area contributed by atoms with E-state index in [-0.39, 0.29) is 11.9 Å². The van der Waals surface area contributed by atoms with Gasteiger partial charge in [-0.1, -0.05) is 34.1 Å². The van der Waals surface area contributed by atoms with E-state index >= 15 is 0 Å². The Balaban J connectivity index is 1.84. The summed E-state index contributed by atoms with van der Waals surface area (Å²) in [5, 5.41) is 3.18. The number of rotatable bonds is 2. The first-order chi connectivity index (χ1) is 10.1. The monoisotopic (exact) mass is 473 g/mol. The van der Waals surface area contributed by atoms with E-state index in [1.54, 1.807) is 0 Å². The molecule has 2 nitrogen and oxygen atoms in total. The number of carbonyl (C=O) groups is 1. The van der Waals surface area contributed by atoms with Crippen molar-refractivity contribution < 1.29 is 4.79 Å². The maximum absolute atomic E-state index is 12.6. The summed E-state index contributed by atoms with van der Waals surface area (Å²) >= 11 is 7.49. The standard InChI is InChI=1S/C16H13BrINOS/c17-10-5-6-13(18)12(9-10)16(20)19-14-7-8-21-15-4-2-1-3-11(14)15/h1-6,9,14H,7-8H2,(H,19,20). The second kappa shape index (κ2) is 6.71. The van der Waals surface area contributed by atoms with Gasteiger partial charge in [0.15, 0.2) is 0 Å². The predicted octanol–water partition coefficient (Wildman–Crippen LogP) is 5.02. The number of nitrogens with one attached hydrogen (secondary N) is 1. The minimum atomic E-state index is -0.00703. The van der Waals surface area contributed by atoms with Gasteiger partial charge in [-0.3, -0.25) is 4.79 Å². The molecule has 5 heteroatoms. The van der Waals surface area contributed by atoms with Crippen LogP contribution in [-0.4, -0.2) is 11.7 Å². The second-order valence-electron chi connectivity index (χ2n) is 4.83. The quantitative estimate of drug-likeness (QED) is 0.620. The Labute approximate surface area is 150 Å². The van der Waals surface area contributed by atoms with Crippen molar-refractivity contribution in [3.05, 3.63) is 61.6 Å². The molecule has 0 saturated carbocycles. The minimum absolute atomic E-state index is 0.00703. The van der Waals surface area contributed by atoms with Crippen LogP contribution in [0.2, 0.25) is 0 Å². The lowest BCUT2D eigenvalue weighted by molar-refractivity contribution is 0.0934. The molecule has 0 aromatic heterocycles. The third-order valence-corrected chi connectivity index (χ3v) is 5.99. The molecule has 1 aliphatic rings. The Morgan fingerprint density at radius 1 is 1.29 bits per heavy atom.